The van der Waals surface area contributed by atoms with Gasteiger partial charge < -0.3 is 19.3 Å². The van der Waals surface area contributed by atoms with Crippen LogP contribution in [0.5, 0.6) is 5.75 Å². The Bertz CT molecular complexity index is 1270. The highest BCUT2D eigenvalue weighted by molar-refractivity contribution is 7.90. The molecule has 12 heteroatoms. The smallest absolute Gasteiger partial charge is 0.262 e. The van der Waals surface area contributed by atoms with Gasteiger partial charge in [0.05, 0.1) is 24.2 Å². The van der Waals surface area contributed by atoms with Crippen LogP contribution in [-0.4, -0.2) is 71.4 Å². The van der Waals surface area contributed by atoms with E-state index in [0.717, 1.165) is 6.26 Å². The molecule has 4 rings (SSSR count). The second kappa shape index (κ2) is 7.39. The van der Waals surface area contributed by atoms with Gasteiger partial charge in [-0.05, 0) is 6.07 Å². The Morgan fingerprint density at radius 1 is 1.16 bits per heavy atom. The van der Waals surface area contributed by atoms with Crippen LogP contribution in [0, 0.1) is 0 Å². The molecular formula is C19H19N5O6S. The molecule has 0 spiro atoms. The summed E-state index contributed by atoms with van der Waals surface area (Å²) in [5, 5.41) is 14.4. The zero-order chi connectivity index (χ0) is 22.4. The lowest BCUT2D eigenvalue weighted by atomic mass is 9.98. The van der Waals surface area contributed by atoms with Crippen LogP contribution in [-0.2, 0) is 20.2 Å². The van der Waals surface area contributed by atoms with E-state index in [1.165, 1.54) is 30.3 Å². The normalized spacial score (nSPS) is 19.1. The van der Waals surface area contributed by atoms with Gasteiger partial charge in [-0.25, -0.2) is 23.4 Å². The molecule has 1 N–H and O–H groups in total. The fourth-order valence-electron chi connectivity index (χ4n) is 3.22. The summed E-state index contributed by atoms with van der Waals surface area (Å²) < 4.78 is 34.2. The Hall–Kier alpha value is -3.38. The van der Waals surface area contributed by atoms with Crippen LogP contribution >= 0.6 is 0 Å². The summed E-state index contributed by atoms with van der Waals surface area (Å²) in [6, 6.07) is 6.15. The van der Waals surface area contributed by atoms with Crippen LogP contribution < -0.4 is 4.74 Å². The monoisotopic (exact) mass is 445 g/mol. The minimum Gasteiger partial charge on any atom is -0.497 e. The number of pyridine rings is 1. The molecule has 3 aromatic rings. The first-order chi connectivity index (χ1) is 14.6. The number of amides is 1. The highest BCUT2D eigenvalue weighted by Crippen LogP contribution is 2.35. The van der Waals surface area contributed by atoms with E-state index in [4.69, 9.17) is 9.26 Å². The third-order valence-corrected chi connectivity index (χ3v) is 5.81. The second-order valence-electron chi connectivity index (χ2n) is 7.19. The van der Waals surface area contributed by atoms with Crippen molar-refractivity contribution in [3.63, 3.8) is 0 Å². The summed E-state index contributed by atoms with van der Waals surface area (Å²) in [7, 11) is -0.542. The summed E-state index contributed by atoms with van der Waals surface area (Å²) in [5.41, 5.74) is -0.597. The van der Waals surface area contributed by atoms with Crippen LogP contribution in [0.4, 0.5) is 0 Å². The average molecular weight is 445 g/mol. The van der Waals surface area contributed by atoms with Crippen molar-refractivity contribution < 1.29 is 27.6 Å². The van der Waals surface area contributed by atoms with Crippen molar-refractivity contribution in [3.05, 3.63) is 36.2 Å². The van der Waals surface area contributed by atoms with Crippen molar-refractivity contribution in [2.45, 2.75) is 17.2 Å². The van der Waals surface area contributed by atoms with Crippen LogP contribution in [0.1, 0.15) is 12.2 Å². The third kappa shape index (κ3) is 3.75. The largest absolute Gasteiger partial charge is 0.497 e. The molecule has 3 aromatic heterocycles. The van der Waals surface area contributed by atoms with E-state index in [-0.39, 0.29) is 28.7 Å². The first kappa shape index (κ1) is 20.9. The van der Waals surface area contributed by atoms with Crippen LogP contribution in [0.15, 0.2) is 40.1 Å². The first-order valence-electron chi connectivity index (χ1n) is 9.17. The highest BCUT2D eigenvalue weighted by atomic mass is 32.2. The molecule has 1 fully saturated rings. The number of hydrogen-bond donors (Lipinski definition) is 1. The zero-order valence-corrected chi connectivity index (χ0v) is 17.8. The first-order valence-corrected chi connectivity index (χ1v) is 11.1. The lowest BCUT2D eigenvalue weighted by Crippen LogP contribution is -2.35. The summed E-state index contributed by atoms with van der Waals surface area (Å²) in [6.07, 6.45) is 2.52. The fraction of sp³-hybridized carbons (Fsp3) is 0.316. The second-order valence-corrected chi connectivity index (χ2v) is 9.10. The predicted octanol–water partition coefficient (Wildman–Crippen LogP) is 0.655. The zero-order valence-electron chi connectivity index (χ0n) is 16.9. The van der Waals surface area contributed by atoms with Crippen molar-refractivity contribution >= 4 is 15.7 Å². The fourth-order valence-corrected chi connectivity index (χ4v) is 3.74. The van der Waals surface area contributed by atoms with E-state index in [9.17, 15) is 18.3 Å². The topological polar surface area (TPSA) is 149 Å². The third-order valence-electron chi connectivity index (χ3n) is 4.95. The molecule has 1 aliphatic rings. The lowest BCUT2D eigenvalue weighted by molar-refractivity contribution is -0.144. The Labute approximate surface area is 177 Å². The van der Waals surface area contributed by atoms with Crippen LogP contribution in [0.3, 0.4) is 0 Å². The number of ether oxygens (including phenoxy) is 1. The molecule has 0 aliphatic carbocycles. The molecule has 11 nitrogen and oxygen atoms in total. The molecular weight excluding hydrogens is 426 g/mol. The Balaban J connectivity index is 1.77. The molecule has 1 atom stereocenters. The molecule has 1 aliphatic heterocycles. The van der Waals surface area contributed by atoms with Gasteiger partial charge in [0.1, 0.15) is 11.4 Å². The van der Waals surface area contributed by atoms with Gasteiger partial charge >= 0.3 is 0 Å². The van der Waals surface area contributed by atoms with E-state index >= 15 is 0 Å². The van der Waals surface area contributed by atoms with Gasteiger partial charge in [0, 0.05) is 50.7 Å². The summed E-state index contributed by atoms with van der Waals surface area (Å²) >= 11 is 0. The van der Waals surface area contributed by atoms with Crippen molar-refractivity contribution in [1.82, 2.24) is 25.0 Å². The molecule has 0 saturated carbocycles. The number of aromatic nitrogens is 4. The van der Waals surface area contributed by atoms with Crippen molar-refractivity contribution in [1.29, 1.82) is 0 Å². The lowest BCUT2D eigenvalue weighted by Gasteiger charge is -2.16. The molecule has 0 radical (unpaired) electrons. The van der Waals surface area contributed by atoms with Gasteiger partial charge in [0.25, 0.3) is 5.91 Å². The highest BCUT2D eigenvalue weighted by Gasteiger charge is 2.48. The quantitative estimate of drug-likeness (QED) is 0.555. The number of methoxy groups -OCH3 is 1. The molecule has 0 aromatic carbocycles. The molecule has 1 saturated heterocycles. The van der Waals surface area contributed by atoms with Crippen molar-refractivity contribution in [3.8, 4) is 28.5 Å². The summed E-state index contributed by atoms with van der Waals surface area (Å²) in [4.78, 5) is 26.1. The number of hydrogen-bond acceptors (Lipinski definition) is 10. The average Bonchev–Trinajstić information content (AvgIpc) is 3.35. The maximum Gasteiger partial charge on any atom is 0.262 e. The van der Waals surface area contributed by atoms with Crippen molar-refractivity contribution in [2.24, 2.45) is 0 Å². The number of aliphatic hydroxyl groups is 1. The molecule has 1 amide bonds. The summed E-state index contributed by atoms with van der Waals surface area (Å²) in [6.45, 7) is 0.392. The van der Waals surface area contributed by atoms with Gasteiger partial charge in [-0.15, -0.1) is 0 Å². The number of nitrogens with zero attached hydrogens (tertiary/aromatic N) is 5. The van der Waals surface area contributed by atoms with E-state index < -0.39 is 21.3 Å². The maximum absolute atomic E-state index is 12.3. The molecule has 4 heterocycles. The number of rotatable bonds is 5. The summed E-state index contributed by atoms with van der Waals surface area (Å²) in [5.74, 6) is -0.0346. The van der Waals surface area contributed by atoms with E-state index in [1.807, 2.05) is 0 Å². The Kier molecular flexibility index (Phi) is 4.98. The SMILES string of the molecule is COc1cc(-c2cc([C@]3(O)CCN(C)C3=O)on2)nc(-c2ccnc(S(C)(=O)=O)n2)c1. The molecule has 0 unspecified atom stereocenters. The van der Waals surface area contributed by atoms with E-state index in [1.54, 1.807) is 19.2 Å². The maximum atomic E-state index is 12.3. The van der Waals surface area contributed by atoms with Gasteiger partial charge in [-0.3, -0.25) is 4.79 Å². The number of likely N-dealkylation sites (N-methyl/N-ethyl adjacent to an activating group) is 1. The van der Waals surface area contributed by atoms with Crippen molar-refractivity contribution in [2.75, 3.05) is 27.0 Å². The van der Waals surface area contributed by atoms with Crippen LogP contribution in [0.25, 0.3) is 22.8 Å². The standard InChI is InChI=1S/C19H19N5O6S/c1-24-7-5-19(26,17(24)25)16-10-15(23-30-16)14-9-11(29-2)8-13(21-14)12-4-6-20-18(22-12)31(3,27)28/h4,6,8-10,26H,5,7H2,1-3H3/t19-/m1/s1. The van der Waals surface area contributed by atoms with Gasteiger partial charge in [-0.1, -0.05) is 5.16 Å². The molecule has 162 valence electrons. The van der Waals surface area contributed by atoms with Crippen LogP contribution in [0.2, 0.25) is 0 Å². The number of carbonyl (C=O) groups is 1. The van der Waals surface area contributed by atoms with Gasteiger partial charge in [-0.2, -0.15) is 0 Å². The number of carbonyl (C=O) groups excluding carboxylic acids is 1. The predicted molar refractivity (Wildman–Crippen MR) is 107 cm³/mol. The van der Waals surface area contributed by atoms with Gasteiger partial charge in [0.15, 0.2) is 5.76 Å². The Morgan fingerprint density at radius 3 is 2.48 bits per heavy atom. The number of sulfone groups is 1. The van der Waals surface area contributed by atoms with Gasteiger partial charge in [0.2, 0.25) is 20.6 Å². The number of likely N-dealkylation sites (tertiary alicyclic amines) is 1. The van der Waals surface area contributed by atoms with E-state index in [0.29, 0.717) is 23.7 Å². The molecule has 31 heavy (non-hydrogen) atoms. The Morgan fingerprint density at radius 2 is 1.87 bits per heavy atom. The molecule has 0 bridgehead atoms. The van der Waals surface area contributed by atoms with E-state index in [2.05, 4.69) is 20.1 Å². The minimum absolute atomic E-state index is 0.0180. The minimum atomic E-state index is -3.61.